The maximum atomic E-state index is 10.6. The van der Waals surface area contributed by atoms with Crippen molar-refractivity contribution in [2.45, 2.75) is 13.5 Å². The predicted octanol–water partition coefficient (Wildman–Crippen LogP) is 3.67. The molecule has 0 amide bonds. The zero-order valence-corrected chi connectivity index (χ0v) is 11.8. The average Bonchev–Trinajstić information content (AvgIpc) is 2.37. The SMILES string of the molecule is Cc1cccc(CNc2ccc([N+](=O)[O-])cc2Br)n1. The van der Waals surface area contributed by atoms with Crippen molar-refractivity contribution in [1.29, 1.82) is 0 Å². The topological polar surface area (TPSA) is 68.1 Å². The smallest absolute Gasteiger partial charge is 0.270 e. The molecule has 0 spiro atoms. The number of nitro benzene ring substituents is 1. The van der Waals surface area contributed by atoms with Crippen LogP contribution in [-0.2, 0) is 6.54 Å². The molecule has 2 rings (SSSR count). The number of aryl methyl sites for hydroxylation is 1. The van der Waals surface area contributed by atoms with Crippen LogP contribution in [0, 0.1) is 17.0 Å². The lowest BCUT2D eigenvalue weighted by Gasteiger charge is -2.08. The Morgan fingerprint density at radius 1 is 1.37 bits per heavy atom. The third-order valence-corrected chi connectivity index (χ3v) is 3.23. The van der Waals surface area contributed by atoms with Crippen LogP contribution in [0.1, 0.15) is 11.4 Å². The van der Waals surface area contributed by atoms with Crippen LogP contribution in [0.15, 0.2) is 40.9 Å². The van der Waals surface area contributed by atoms with Gasteiger partial charge in [0, 0.05) is 28.0 Å². The minimum absolute atomic E-state index is 0.0612. The third kappa shape index (κ3) is 3.51. The molecule has 1 aromatic heterocycles. The van der Waals surface area contributed by atoms with Crippen molar-refractivity contribution in [2.24, 2.45) is 0 Å². The Morgan fingerprint density at radius 3 is 2.79 bits per heavy atom. The molecule has 1 heterocycles. The minimum atomic E-state index is -0.420. The molecular weight excluding hydrogens is 310 g/mol. The van der Waals surface area contributed by atoms with Crippen molar-refractivity contribution in [3.8, 4) is 0 Å². The summed E-state index contributed by atoms with van der Waals surface area (Å²) in [6, 6.07) is 10.4. The van der Waals surface area contributed by atoms with E-state index in [1.54, 1.807) is 6.07 Å². The summed E-state index contributed by atoms with van der Waals surface area (Å²) in [5.41, 5.74) is 2.74. The molecule has 0 bridgehead atoms. The second-order valence-electron chi connectivity index (χ2n) is 4.05. The van der Waals surface area contributed by atoms with Crippen LogP contribution < -0.4 is 5.32 Å². The van der Waals surface area contributed by atoms with Crippen molar-refractivity contribution in [1.82, 2.24) is 4.98 Å². The number of hydrogen-bond donors (Lipinski definition) is 1. The number of nitro groups is 1. The first-order chi connectivity index (χ1) is 9.06. The molecule has 19 heavy (non-hydrogen) atoms. The van der Waals surface area contributed by atoms with Gasteiger partial charge < -0.3 is 5.32 Å². The number of anilines is 1. The molecule has 5 nitrogen and oxygen atoms in total. The minimum Gasteiger partial charge on any atom is -0.378 e. The molecule has 0 aliphatic heterocycles. The number of hydrogen-bond acceptors (Lipinski definition) is 4. The normalized spacial score (nSPS) is 10.2. The summed E-state index contributed by atoms with van der Waals surface area (Å²) in [5.74, 6) is 0. The van der Waals surface area contributed by atoms with Gasteiger partial charge >= 0.3 is 0 Å². The van der Waals surface area contributed by atoms with Gasteiger partial charge in [0.1, 0.15) is 0 Å². The lowest BCUT2D eigenvalue weighted by Crippen LogP contribution is -2.03. The molecule has 98 valence electrons. The Hall–Kier alpha value is -1.95. The molecule has 0 atom stereocenters. The molecule has 0 saturated heterocycles. The second-order valence-corrected chi connectivity index (χ2v) is 4.90. The molecule has 0 aliphatic carbocycles. The van der Waals surface area contributed by atoms with Crippen LogP contribution in [0.5, 0.6) is 0 Å². The summed E-state index contributed by atoms with van der Waals surface area (Å²) in [5, 5.41) is 13.8. The number of aromatic nitrogens is 1. The Kier molecular flexibility index (Phi) is 4.11. The van der Waals surface area contributed by atoms with E-state index >= 15 is 0 Å². The van der Waals surface area contributed by atoms with E-state index in [1.807, 2.05) is 25.1 Å². The van der Waals surface area contributed by atoms with Gasteiger partial charge in [0.15, 0.2) is 0 Å². The van der Waals surface area contributed by atoms with Gasteiger partial charge in [0.25, 0.3) is 5.69 Å². The van der Waals surface area contributed by atoms with Gasteiger partial charge in [0.05, 0.1) is 17.2 Å². The Bertz CT molecular complexity index is 617. The summed E-state index contributed by atoms with van der Waals surface area (Å²) in [4.78, 5) is 14.6. The summed E-state index contributed by atoms with van der Waals surface area (Å²) in [7, 11) is 0. The van der Waals surface area contributed by atoms with Gasteiger partial charge in [-0.15, -0.1) is 0 Å². The highest BCUT2D eigenvalue weighted by Gasteiger charge is 2.08. The Balaban J connectivity index is 2.10. The van der Waals surface area contributed by atoms with Crippen LogP contribution in [0.25, 0.3) is 0 Å². The van der Waals surface area contributed by atoms with Gasteiger partial charge in [-0.2, -0.15) is 0 Å². The molecular formula is C13H12BrN3O2. The van der Waals surface area contributed by atoms with Crippen molar-refractivity contribution >= 4 is 27.3 Å². The third-order valence-electron chi connectivity index (χ3n) is 2.57. The molecule has 2 aromatic rings. The van der Waals surface area contributed by atoms with E-state index in [0.29, 0.717) is 11.0 Å². The second kappa shape index (κ2) is 5.79. The summed E-state index contributed by atoms with van der Waals surface area (Å²) < 4.78 is 0.661. The zero-order valence-electron chi connectivity index (χ0n) is 10.3. The quantitative estimate of drug-likeness (QED) is 0.689. The number of rotatable bonds is 4. The fraction of sp³-hybridized carbons (Fsp3) is 0.154. The van der Waals surface area contributed by atoms with Crippen LogP contribution in [0.4, 0.5) is 11.4 Å². The lowest BCUT2D eigenvalue weighted by molar-refractivity contribution is -0.384. The van der Waals surface area contributed by atoms with E-state index in [9.17, 15) is 10.1 Å². The van der Waals surface area contributed by atoms with Crippen molar-refractivity contribution in [3.63, 3.8) is 0 Å². The largest absolute Gasteiger partial charge is 0.378 e. The first-order valence-corrected chi connectivity index (χ1v) is 6.46. The Morgan fingerprint density at radius 2 is 2.16 bits per heavy atom. The highest BCUT2D eigenvalue weighted by molar-refractivity contribution is 9.10. The number of pyridine rings is 1. The van der Waals surface area contributed by atoms with E-state index in [2.05, 4.69) is 26.2 Å². The molecule has 0 aliphatic rings. The monoisotopic (exact) mass is 321 g/mol. The van der Waals surface area contributed by atoms with Crippen LogP contribution in [0.3, 0.4) is 0 Å². The highest BCUT2D eigenvalue weighted by Crippen LogP contribution is 2.27. The van der Waals surface area contributed by atoms with E-state index < -0.39 is 4.92 Å². The molecule has 0 unspecified atom stereocenters. The molecule has 6 heteroatoms. The summed E-state index contributed by atoms with van der Waals surface area (Å²) in [6.07, 6.45) is 0. The molecule has 0 saturated carbocycles. The van der Waals surface area contributed by atoms with E-state index in [1.165, 1.54) is 12.1 Å². The average molecular weight is 322 g/mol. The molecule has 0 fully saturated rings. The fourth-order valence-corrected chi connectivity index (χ4v) is 2.15. The number of nitrogens with one attached hydrogen (secondary N) is 1. The van der Waals surface area contributed by atoms with E-state index in [0.717, 1.165) is 17.1 Å². The molecule has 1 N–H and O–H groups in total. The van der Waals surface area contributed by atoms with Gasteiger partial charge in [0.2, 0.25) is 0 Å². The maximum absolute atomic E-state index is 10.6. The van der Waals surface area contributed by atoms with Crippen molar-refractivity contribution in [3.05, 3.63) is 62.4 Å². The first kappa shape index (κ1) is 13.5. The fourth-order valence-electron chi connectivity index (χ4n) is 1.64. The van der Waals surface area contributed by atoms with Crippen LogP contribution in [-0.4, -0.2) is 9.91 Å². The van der Waals surface area contributed by atoms with Gasteiger partial charge in [-0.3, -0.25) is 15.1 Å². The zero-order chi connectivity index (χ0) is 13.8. The van der Waals surface area contributed by atoms with Crippen molar-refractivity contribution < 1.29 is 4.92 Å². The molecule has 0 radical (unpaired) electrons. The summed E-state index contributed by atoms with van der Waals surface area (Å²) >= 11 is 3.32. The number of nitrogens with zero attached hydrogens (tertiary/aromatic N) is 2. The van der Waals surface area contributed by atoms with Gasteiger partial charge in [-0.05, 0) is 41.1 Å². The number of non-ortho nitro benzene ring substituents is 1. The number of benzene rings is 1. The lowest BCUT2D eigenvalue weighted by atomic mass is 10.2. The van der Waals surface area contributed by atoms with E-state index in [4.69, 9.17) is 0 Å². The van der Waals surface area contributed by atoms with Crippen LogP contribution in [0.2, 0.25) is 0 Å². The van der Waals surface area contributed by atoms with Crippen molar-refractivity contribution in [2.75, 3.05) is 5.32 Å². The standard InChI is InChI=1S/C13H12BrN3O2/c1-9-3-2-4-10(16-9)8-15-13-6-5-11(17(18)19)7-12(13)14/h2-7,15H,8H2,1H3. The maximum Gasteiger partial charge on any atom is 0.270 e. The summed E-state index contributed by atoms with van der Waals surface area (Å²) in [6.45, 7) is 2.50. The van der Waals surface area contributed by atoms with Gasteiger partial charge in [-0.25, -0.2) is 0 Å². The highest BCUT2D eigenvalue weighted by atomic mass is 79.9. The first-order valence-electron chi connectivity index (χ1n) is 5.66. The predicted molar refractivity (Wildman–Crippen MR) is 77.1 cm³/mol. The van der Waals surface area contributed by atoms with Crippen LogP contribution >= 0.6 is 15.9 Å². The van der Waals surface area contributed by atoms with E-state index in [-0.39, 0.29) is 5.69 Å². The van der Waals surface area contributed by atoms with Gasteiger partial charge in [-0.1, -0.05) is 6.07 Å². The molecule has 1 aromatic carbocycles. The Labute approximate surface area is 119 Å². The number of halogens is 1.